The third kappa shape index (κ3) is 3.72. The van der Waals surface area contributed by atoms with Gasteiger partial charge in [-0.1, -0.05) is 23.2 Å². The van der Waals surface area contributed by atoms with E-state index in [0.29, 0.717) is 34.9 Å². The normalized spacial score (nSPS) is 20.1. The molecule has 1 aromatic heterocycles. The van der Waals surface area contributed by atoms with Crippen molar-refractivity contribution in [3.8, 4) is 0 Å². The number of anilines is 2. The van der Waals surface area contributed by atoms with Crippen molar-refractivity contribution in [3.63, 3.8) is 0 Å². The maximum Gasteiger partial charge on any atom is 0.259 e. The summed E-state index contributed by atoms with van der Waals surface area (Å²) in [6.07, 6.45) is 2.33. The van der Waals surface area contributed by atoms with E-state index in [0.717, 1.165) is 37.4 Å². The first-order chi connectivity index (χ1) is 12.9. The number of hydrogen-bond donors (Lipinski definition) is 0. The van der Waals surface area contributed by atoms with Gasteiger partial charge in [0.2, 0.25) is 5.95 Å². The summed E-state index contributed by atoms with van der Waals surface area (Å²) >= 11 is 12.4. The zero-order valence-corrected chi connectivity index (χ0v) is 16.9. The molecule has 4 rings (SSSR count). The second-order valence-electron chi connectivity index (χ2n) is 7.18. The summed E-state index contributed by atoms with van der Waals surface area (Å²) in [4.78, 5) is 21.8. The Morgan fingerprint density at radius 3 is 2.59 bits per heavy atom. The number of halogens is 2. The maximum atomic E-state index is 12.9. The van der Waals surface area contributed by atoms with E-state index in [1.165, 1.54) is 0 Å². The minimum Gasteiger partial charge on any atom is -0.377 e. The Hall–Kier alpha value is -1.60. The quantitative estimate of drug-likeness (QED) is 0.774. The van der Waals surface area contributed by atoms with Gasteiger partial charge in [-0.15, -0.1) is 0 Å². The van der Waals surface area contributed by atoms with Crippen LogP contribution in [0.3, 0.4) is 0 Å². The van der Waals surface area contributed by atoms with Crippen LogP contribution in [-0.2, 0) is 11.4 Å². The molecule has 0 spiro atoms. The van der Waals surface area contributed by atoms with Gasteiger partial charge >= 0.3 is 0 Å². The topological polar surface area (TPSA) is 50.6 Å². The molecule has 0 bridgehead atoms. The van der Waals surface area contributed by atoms with Crippen LogP contribution < -0.4 is 10.5 Å². The molecule has 144 valence electrons. The lowest BCUT2D eigenvalue weighted by molar-refractivity contribution is 0.0584. The summed E-state index contributed by atoms with van der Waals surface area (Å²) in [5.74, 6) is 0.616. The zero-order valence-electron chi connectivity index (χ0n) is 15.4. The van der Waals surface area contributed by atoms with E-state index < -0.39 is 0 Å². The second-order valence-corrected chi connectivity index (χ2v) is 8.06. The van der Waals surface area contributed by atoms with Crippen LogP contribution in [-0.4, -0.2) is 40.4 Å². The van der Waals surface area contributed by atoms with Gasteiger partial charge < -0.3 is 4.74 Å². The van der Waals surface area contributed by atoms with E-state index in [1.54, 1.807) is 10.6 Å². The Balaban J connectivity index is 1.77. The molecule has 2 aliphatic heterocycles. The third-order valence-electron chi connectivity index (χ3n) is 5.19. The Morgan fingerprint density at radius 1 is 1.19 bits per heavy atom. The van der Waals surface area contributed by atoms with Crippen molar-refractivity contribution in [2.75, 3.05) is 24.7 Å². The van der Waals surface area contributed by atoms with Crippen LogP contribution in [0.2, 0.25) is 10.0 Å². The maximum absolute atomic E-state index is 12.9. The predicted molar refractivity (Wildman–Crippen MR) is 107 cm³/mol. The first kappa shape index (κ1) is 18.7. The average molecular weight is 409 g/mol. The molecule has 1 atom stereocenters. The molecule has 0 N–H and O–H groups in total. The minimum atomic E-state index is -0.0207. The highest BCUT2D eigenvalue weighted by molar-refractivity contribution is 6.35. The van der Waals surface area contributed by atoms with Crippen molar-refractivity contribution < 1.29 is 4.74 Å². The summed E-state index contributed by atoms with van der Waals surface area (Å²) in [6, 6.07) is 5.38. The average Bonchev–Trinajstić information content (AvgIpc) is 3.12. The Kier molecular flexibility index (Phi) is 5.16. The molecule has 1 aromatic carbocycles. The SMILES string of the molecule is Cc1nc2n(c(=O)c1C)CN(CC1CCCO1)CN2c1cc(Cl)cc(Cl)c1. The molecular weight excluding hydrogens is 387 g/mol. The lowest BCUT2D eigenvalue weighted by Gasteiger charge is -2.39. The largest absolute Gasteiger partial charge is 0.377 e. The fraction of sp³-hybridized carbons (Fsp3) is 0.474. The van der Waals surface area contributed by atoms with Crippen molar-refractivity contribution >= 4 is 34.8 Å². The number of fused-ring (bicyclic) bond motifs is 1. The van der Waals surface area contributed by atoms with E-state index >= 15 is 0 Å². The predicted octanol–water partition coefficient (Wildman–Crippen LogP) is 3.71. The highest BCUT2D eigenvalue weighted by atomic mass is 35.5. The van der Waals surface area contributed by atoms with E-state index in [-0.39, 0.29) is 11.7 Å². The number of ether oxygens (including phenoxy) is 1. The van der Waals surface area contributed by atoms with Gasteiger partial charge in [0.05, 0.1) is 19.4 Å². The van der Waals surface area contributed by atoms with Gasteiger partial charge in [0.1, 0.15) is 0 Å². The van der Waals surface area contributed by atoms with Gasteiger partial charge in [-0.3, -0.25) is 19.2 Å². The molecular formula is C19H22Cl2N4O2. The second kappa shape index (κ2) is 7.43. The van der Waals surface area contributed by atoms with Gasteiger partial charge in [-0.05, 0) is 44.9 Å². The summed E-state index contributed by atoms with van der Waals surface area (Å²) in [6.45, 7) is 6.33. The Bertz CT molecular complexity index is 904. The highest BCUT2D eigenvalue weighted by Crippen LogP contribution is 2.32. The lowest BCUT2D eigenvalue weighted by atomic mass is 10.2. The molecule has 1 fully saturated rings. The molecule has 1 saturated heterocycles. The summed E-state index contributed by atoms with van der Waals surface area (Å²) in [7, 11) is 0. The van der Waals surface area contributed by atoms with Crippen molar-refractivity contribution in [3.05, 3.63) is 49.9 Å². The van der Waals surface area contributed by atoms with E-state index in [2.05, 4.69) is 4.90 Å². The monoisotopic (exact) mass is 408 g/mol. The molecule has 0 amide bonds. The number of hydrogen-bond acceptors (Lipinski definition) is 5. The van der Waals surface area contributed by atoms with Crippen LogP contribution >= 0.6 is 23.2 Å². The molecule has 27 heavy (non-hydrogen) atoms. The number of aryl methyl sites for hydroxylation is 1. The molecule has 0 saturated carbocycles. The highest BCUT2D eigenvalue weighted by Gasteiger charge is 2.29. The minimum absolute atomic E-state index is 0.0207. The fourth-order valence-corrected chi connectivity index (χ4v) is 4.18. The summed E-state index contributed by atoms with van der Waals surface area (Å²) < 4.78 is 7.51. The number of rotatable bonds is 3. The Labute approximate surface area is 168 Å². The third-order valence-corrected chi connectivity index (χ3v) is 5.62. The van der Waals surface area contributed by atoms with Gasteiger partial charge in [0, 0.05) is 40.1 Å². The molecule has 3 heterocycles. The number of nitrogens with zero attached hydrogens (tertiary/aromatic N) is 4. The number of benzene rings is 1. The van der Waals surface area contributed by atoms with Crippen molar-refractivity contribution in [2.24, 2.45) is 0 Å². The van der Waals surface area contributed by atoms with E-state index in [1.807, 2.05) is 30.9 Å². The molecule has 2 aliphatic rings. The zero-order chi connectivity index (χ0) is 19.1. The number of aromatic nitrogens is 2. The van der Waals surface area contributed by atoms with Crippen molar-refractivity contribution in [1.29, 1.82) is 0 Å². The van der Waals surface area contributed by atoms with Crippen LogP contribution in [0.25, 0.3) is 0 Å². The van der Waals surface area contributed by atoms with E-state index in [4.69, 9.17) is 32.9 Å². The molecule has 0 aliphatic carbocycles. The van der Waals surface area contributed by atoms with Crippen LogP contribution in [0.15, 0.2) is 23.0 Å². The molecule has 0 radical (unpaired) electrons. The van der Waals surface area contributed by atoms with Crippen molar-refractivity contribution in [2.45, 2.75) is 39.5 Å². The first-order valence-corrected chi connectivity index (χ1v) is 9.83. The standard InChI is InChI=1S/C19H22Cl2N4O2/c1-12-13(2)22-19-24(16-7-14(20)6-15(21)8-16)10-23(11-25(19)18(12)26)9-17-4-3-5-27-17/h6-8,17H,3-5,9-11H2,1-2H3. The molecule has 1 unspecified atom stereocenters. The summed E-state index contributed by atoms with van der Waals surface area (Å²) in [5.41, 5.74) is 2.19. The van der Waals surface area contributed by atoms with Crippen LogP contribution in [0.1, 0.15) is 24.1 Å². The molecule has 6 nitrogen and oxygen atoms in total. The van der Waals surface area contributed by atoms with Gasteiger partial charge in [-0.25, -0.2) is 4.98 Å². The Morgan fingerprint density at radius 2 is 1.93 bits per heavy atom. The van der Waals surface area contributed by atoms with Gasteiger partial charge in [0.25, 0.3) is 5.56 Å². The fourth-order valence-electron chi connectivity index (χ4n) is 3.67. The molecule has 8 heteroatoms. The lowest BCUT2D eigenvalue weighted by Crippen LogP contribution is -2.49. The first-order valence-electron chi connectivity index (χ1n) is 9.08. The smallest absolute Gasteiger partial charge is 0.259 e. The summed E-state index contributed by atoms with van der Waals surface area (Å²) in [5, 5.41) is 1.10. The van der Waals surface area contributed by atoms with Crippen LogP contribution in [0, 0.1) is 13.8 Å². The van der Waals surface area contributed by atoms with Crippen molar-refractivity contribution in [1.82, 2.24) is 14.5 Å². The molecule has 2 aromatic rings. The van der Waals surface area contributed by atoms with Crippen LogP contribution in [0.5, 0.6) is 0 Å². The van der Waals surface area contributed by atoms with Gasteiger partial charge in [0.15, 0.2) is 0 Å². The van der Waals surface area contributed by atoms with Crippen LogP contribution in [0.4, 0.5) is 11.6 Å². The van der Waals surface area contributed by atoms with E-state index in [9.17, 15) is 4.79 Å². The van der Waals surface area contributed by atoms with Gasteiger partial charge in [-0.2, -0.15) is 0 Å².